The first-order chi connectivity index (χ1) is 12.4. The number of nitrogens with zero attached hydrogens (tertiary/aromatic N) is 2. The van der Waals surface area contributed by atoms with Gasteiger partial charge in [0, 0.05) is 5.69 Å². The Morgan fingerprint density at radius 1 is 1.00 bits per heavy atom. The zero-order valence-corrected chi connectivity index (χ0v) is 14.8. The highest BCUT2D eigenvalue weighted by molar-refractivity contribution is 6.03. The minimum absolute atomic E-state index is 0.184. The first-order valence-corrected chi connectivity index (χ1v) is 8.17. The van der Waals surface area contributed by atoms with Crippen LogP contribution < -0.4 is 10.6 Å². The van der Waals surface area contributed by atoms with Crippen molar-refractivity contribution in [3.8, 4) is 0 Å². The van der Waals surface area contributed by atoms with E-state index in [9.17, 15) is 9.18 Å². The molecule has 0 fully saturated rings. The number of aromatic nitrogens is 2. The van der Waals surface area contributed by atoms with Crippen LogP contribution in [0.2, 0.25) is 0 Å². The van der Waals surface area contributed by atoms with Gasteiger partial charge in [0.15, 0.2) is 0 Å². The Kier molecular flexibility index (Phi) is 4.93. The highest BCUT2D eigenvalue weighted by atomic mass is 19.1. The number of aryl methyl sites for hydroxylation is 3. The molecule has 0 aliphatic rings. The third-order valence-corrected chi connectivity index (χ3v) is 3.94. The van der Waals surface area contributed by atoms with Crippen molar-refractivity contribution in [1.82, 2.24) is 9.97 Å². The average molecular weight is 350 g/mol. The number of hydrogen-bond donors (Lipinski definition) is 2. The number of amides is 1. The second-order valence-corrected chi connectivity index (χ2v) is 6.12. The normalized spacial score (nSPS) is 10.5. The van der Waals surface area contributed by atoms with Crippen LogP contribution in [-0.4, -0.2) is 15.9 Å². The molecule has 2 N–H and O–H groups in total. The Morgan fingerprint density at radius 2 is 1.69 bits per heavy atom. The third-order valence-electron chi connectivity index (χ3n) is 3.94. The lowest BCUT2D eigenvalue weighted by molar-refractivity contribution is 0.102. The monoisotopic (exact) mass is 350 g/mol. The third kappa shape index (κ3) is 3.85. The van der Waals surface area contributed by atoms with Gasteiger partial charge in [0.05, 0.1) is 18.1 Å². The summed E-state index contributed by atoms with van der Waals surface area (Å²) < 4.78 is 13.7. The number of benzene rings is 2. The van der Waals surface area contributed by atoms with E-state index in [2.05, 4.69) is 20.6 Å². The molecule has 0 saturated carbocycles. The molecular weight excluding hydrogens is 331 g/mol. The maximum absolute atomic E-state index is 13.7. The summed E-state index contributed by atoms with van der Waals surface area (Å²) in [6.07, 6.45) is 2.76. The van der Waals surface area contributed by atoms with Gasteiger partial charge in [0.1, 0.15) is 17.3 Å². The van der Waals surface area contributed by atoms with E-state index < -0.39 is 0 Å². The fraction of sp³-hybridized carbons (Fsp3) is 0.150. The van der Waals surface area contributed by atoms with E-state index >= 15 is 0 Å². The van der Waals surface area contributed by atoms with Crippen LogP contribution in [0.5, 0.6) is 0 Å². The van der Waals surface area contributed by atoms with E-state index in [1.165, 1.54) is 18.5 Å². The Morgan fingerprint density at radius 3 is 2.31 bits per heavy atom. The molecule has 0 atom stereocenters. The van der Waals surface area contributed by atoms with E-state index in [0.717, 1.165) is 22.4 Å². The first-order valence-electron chi connectivity index (χ1n) is 8.17. The summed E-state index contributed by atoms with van der Waals surface area (Å²) in [5.74, 6) is -0.374. The zero-order valence-electron chi connectivity index (χ0n) is 14.8. The van der Waals surface area contributed by atoms with Crippen LogP contribution in [0.3, 0.4) is 0 Å². The lowest BCUT2D eigenvalue weighted by Gasteiger charge is -2.12. The molecule has 6 heteroatoms. The van der Waals surface area contributed by atoms with Crippen LogP contribution in [-0.2, 0) is 0 Å². The molecule has 3 rings (SSSR count). The average Bonchev–Trinajstić information content (AvgIpc) is 2.60. The molecule has 1 amide bonds. The summed E-state index contributed by atoms with van der Waals surface area (Å²) in [6, 6.07) is 10.3. The van der Waals surface area contributed by atoms with E-state index in [-0.39, 0.29) is 17.4 Å². The molecule has 5 nitrogen and oxygen atoms in total. The largest absolute Gasteiger partial charge is 0.337 e. The number of nitrogens with one attached hydrogen (secondary N) is 2. The maximum atomic E-state index is 13.7. The van der Waals surface area contributed by atoms with Gasteiger partial charge in [-0.1, -0.05) is 29.8 Å². The Balaban J connectivity index is 1.74. The topological polar surface area (TPSA) is 66.9 Å². The number of para-hydroxylation sites is 1. The van der Waals surface area contributed by atoms with Crippen molar-refractivity contribution in [1.29, 1.82) is 0 Å². The van der Waals surface area contributed by atoms with Crippen molar-refractivity contribution in [2.75, 3.05) is 10.6 Å². The van der Waals surface area contributed by atoms with Crippen molar-refractivity contribution < 1.29 is 9.18 Å². The molecule has 0 spiro atoms. The van der Waals surface area contributed by atoms with Crippen LogP contribution in [0.1, 0.15) is 27.2 Å². The molecule has 0 aliphatic heterocycles. The quantitative estimate of drug-likeness (QED) is 0.725. The summed E-state index contributed by atoms with van der Waals surface area (Å²) >= 11 is 0. The van der Waals surface area contributed by atoms with Gasteiger partial charge in [0.2, 0.25) is 0 Å². The van der Waals surface area contributed by atoms with E-state index in [0.29, 0.717) is 11.5 Å². The van der Waals surface area contributed by atoms with Crippen molar-refractivity contribution in [3.05, 3.63) is 77.0 Å². The van der Waals surface area contributed by atoms with Crippen molar-refractivity contribution >= 4 is 23.1 Å². The van der Waals surface area contributed by atoms with Gasteiger partial charge in [-0.3, -0.25) is 4.79 Å². The maximum Gasteiger partial charge on any atom is 0.275 e. The van der Waals surface area contributed by atoms with Crippen LogP contribution in [0, 0.1) is 26.6 Å². The zero-order chi connectivity index (χ0) is 18.7. The molecule has 0 unspecified atom stereocenters. The van der Waals surface area contributed by atoms with Crippen LogP contribution in [0.4, 0.5) is 21.6 Å². The summed E-state index contributed by atoms with van der Waals surface area (Å²) in [4.78, 5) is 20.7. The van der Waals surface area contributed by atoms with Gasteiger partial charge in [-0.15, -0.1) is 0 Å². The van der Waals surface area contributed by atoms with Crippen molar-refractivity contribution in [3.63, 3.8) is 0 Å². The minimum Gasteiger partial charge on any atom is -0.337 e. The number of hydrogen-bond acceptors (Lipinski definition) is 4. The Labute approximate surface area is 151 Å². The molecule has 1 heterocycles. The standard InChI is InChI=1S/C20H19FN4O/c1-12-8-13(2)19(14(3)9-12)25-20(26)17-10-23-18(11-22-17)24-16-7-5-4-6-15(16)21/h4-11H,1-3H3,(H,23,24)(H,25,26). The van der Waals surface area contributed by atoms with Gasteiger partial charge < -0.3 is 10.6 Å². The van der Waals surface area contributed by atoms with Gasteiger partial charge in [-0.05, 0) is 44.0 Å². The highest BCUT2D eigenvalue weighted by Gasteiger charge is 2.12. The smallest absolute Gasteiger partial charge is 0.275 e. The minimum atomic E-state index is -0.388. The fourth-order valence-electron chi connectivity index (χ4n) is 2.77. The molecule has 26 heavy (non-hydrogen) atoms. The number of carbonyl (C=O) groups is 1. The summed E-state index contributed by atoms with van der Waals surface area (Å²) in [5, 5.41) is 5.71. The molecular formula is C20H19FN4O. The van der Waals surface area contributed by atoms with Gasteiger partial charge in [-0.2, -0.15) is 0 Å². The lowest BCUT2D eigenvalue weighted by atomic mass is 10.1. The van der Waals surface area contributed by atoms with Crippen molar-refractivity contribution in [2.45, 2.75) is 20.8 Å². The van der Waals surface area contributed by atoms with Gasteiger partial charge in [-0.25, -0.2) is 14.4 Å². The molecule has 0 saturated heterocycles. The number of halogens is 1. The van der Waals surface area contributed by atoms with E-state index in [1.54, 1.807) is 18.2 Å². The molecule has 0 radical (unpaired) electrons. The summed E-state index contributed by atoms with van der Waals surface area (Å²) in [5.41, 5.74) is 4.37. The lowest BCUT2D eigenvalue weighted by Crippen LogP contribution is -2.16. The molecule has 0 aliphatic carbocycles. The summed E-state index contributed by atoms with van der Waals surface area (Å²) in [7, 11) is 0. The van der Waals surface area contributed by atoms with Crippen LogP contribution in [0.25, 0.3) is 0 Å². The number of anilines is 3. The van der Waals surface area contributed by atoms with Crippen molar-refractivity contribution in [2.24, 2.45) is 0 Å². The molecule has 0 bridgehead atoms. The SMILES string of the molecule is Cc1cc(C)c(NC(=O)c2cnc(Nc3ccccc3F)cn2)c(C)c1. The van der Waals surface area contributed by atoms with Gasteiger partial charge >= 0.3 is 0 Å². The van der Waals surface area contributed by atoms with Gasteiger partial charge in [0.25, 0.3) is 5.91 Å². The van der Waals surface area contributed by atoms with Crippen LogP contribution >= 0.6 is 0 Å². The first kappa shape index (κ1) is 17.5. The summed E-state index contributed by atoms with van der Waals surface area (Å²) in [6.45, 7) is 5.91. The second kappa shape index (κ2) is 7.31. The molecule has 132 valence electrons. The number of rotatable bonds is 4. The Hall–Kier alpha value is -3.28. The molecule has 3 aromatic rings. The van der Waals surface area contributed by atoms with Crippen LogP contribution in [0.15, 0.2) is 48.8 Å². The molecule has 2 aromatic carbocycles. The molecule has 1 aromatic heterocycles. The van der Waals surface area contributed by atoms with E-state index in [1.807, 2.05) is 32.9 Å². The number of carbonyl (C=O) groups excluding carboxylic acids is 1. The second-order valence-electron chi connectivity index (χ2n) is 6.12. The fourth-order valence-corrected chi connectivity index (χ4v) is 2.77. The predicted molar refractivity (Wildman–Crippen MR) is 100 cm³/mol. The van der Waals surface area contributed by atoms with E-state index in [4.69, 9.17) is 0 Å². The Bertz CT molecular complexity index is 931. The highest BCUT2D eigenvalue weighted by Crippen LogP contribution is 2.22. The predicted octanol–water partition coefficient (Wildman–Crippen LogP) is 4.54.